The Labute approximate surface area is 103 Å². The smallest absolute Gasteiger partial charge is 0.137 e. The molecule has 1 aromatic rings. The van der Waals surface area contributed by atoms with Crippen LogP contribution in [0.3, 0.4) is 0 Å². The number of rotatable bonds is 8. The first-order valence-electron chi connectivity index (χ1n) is 6.07. The Morgan fingerprint density at radius 1 is 1.41 bits per heavy atom. The van der Waals surface area contributed by atoms with Crippen LogP contribution >= 0.6 is 0 Å². The molecule has 0 amide bonds. The normalized spacial score (nSPS) is 12.4. The van der Waals surface area contributed by atoms with Gasteiger partial charge in [-0.3, -0.25) is 4.98 Å². The highest BCUT2D eigenvalue weighted by molar-refractivity contribution is 5.19. The van der Waals surface area contributed by atoms with Crippen LogP contribution in [0.4, 0.5) is 0 Å². The molecule has 0 aliphatic carbocycles. The highest BCUT2D eigenvalue weighted by atomic mass is 16.5. The van der Waals surface area contributed by atoms with Gasteiger partial charge in [-0.1, -0.05) is 6.92 Å². The van der Waals surface area contributed by atoms with Crippen LogP contribution in [0.2, 0.25) is 0 Å². The molecule has 4 nitrogen and oxygen atoms in total. The lowest BCUT2D eigenvalue weighted by atomic mass is 10.3. The Kier molecular flexibility index (Phi) is 6.58. The molecule has 0 fully saturated rings. The van der Waals surface area contributed by atoms with Gasteiger partial charge in [-0.15, -0.1) is 0 Å². The van der Waals surface area contributed by atoms with E-state index >= 15 is 0 Å². The molecule has 0 saturated heterocycles. The number of aromatic nitrogens is 1. The van der Waals surface area contributed by atoms with Crippen molar-refractivity contribution < 1.29 is 9.47 Å². The molecule has 1 atom stereocenters. The van der Waals surface area contributed by atoms with E-state index in [4.69, 9.17) is 9.47 Å². The van der Waals surface area contributed by atoms with Gasteiger partial charge in [0.25, 0.3) is 0 Å². The van der Waals surface area contributed by atoms with E-state index in [2.05, 4.69) is 17.2 Å². The lowest BCUT2D eigenvalue weighted by Crippen LogP contribution is -2.16. The fraction of sp³-hybridized carbons (Fsp3) is 0.615. The van der Waals surface area contributed by atoms with Crippen molar-refractivity contribution in [3.05, 3.63) is 24.0 Å². The number of hydrogen-bond donors (Lipinski definition) is 1. The van der Waals surface area contributed by atoms with E-state index in [1.807, 2.05) is 19.1 Å². The largest absolute Gasteiger partial charge is 0.489 e. The van der Waals surface area contributed by atoms with Crippen molar-refractivity contribution >= 4 is 0 Å². The third-order valence-electron chi connectivity index (χ3n) is 2.42. The zero-order chi connectivity index (χ0) is 12.5. The van der Waals surface area contributed by atoms with E-state index in [0.717, 1.165) is 31.0 Å². The van der Waals surface area contributed by atoms with Crippen LogP contribution in [0, 0.1) is 0 Å². The van der Waals surface area contributed by atoms with Crippen LogP contribution in [0.5, 0.6) is 5.75 Å². The molecule has 0 aliphatic rings. The summed E-state index contributed by atoms with van der Waals surface area (Å²) in [5.74, 6) is 0.785. The van der Waals surface area contributed by atoms with Crippen LogP contribution in [0.1, 0.15) is 26.0 Å². The number of nitrogens with zero attached hydrogens (tertiary/aromatic N) is 1. The molecule has 1 aromatic heterocycles. The molecule has 1 heterocycles. The van der Waals surface area contributed by atoms with Crippen molar-refractivity contribution in [1.82, 2.24) is 10.3 Å². The molecule has 0 aliphatic heterocycles. The predicted molar refractivity (Wildman–Crippen MR) is 68.2 cm³/mol. The zero-order valence-corrected chi connectivity index (χ0v) is 10.9. The number of nitrogens with one attached hydrogen (secondary N) is 1. The molecule has 0 aromatic carbocycles. The third-order valence-corrected chi connectivity index (χ3v) is 2.42. The molecule has 1 unspecified atom stereocenters. The van der Waals surface area contributed by atoms with Gasteiger partial charge in [0, 0.05) is 13.7 Å². The number of pyridine rings is 1. The Morgan fingerprint density at radius 3 is 2.82 bits per heavy atom. The lowest BCUT2D eigenvalue weighted by Gasteiger charge is -2.11. The third kappa shape index (κ3) is 5.65. The Balaban J connectivity index is 2.34. The summed E-state index contributed by atoms with van der Waals surface area (Å²) in [6.45, 7) is 6.49. The number of methoxy groups -OCH3 is 1. The van der Waals surface area contributed by atoms with Gasteiger partial charge in [0.2, 0.25) is 0 Å². The quantitative estimate of drug-likeness (QED) is 0.703. The summed E-state index contributed by atoms with van der Waals surface area (Å²) in [5.41, 5.74) is 1.03. The Morgan fingerprint density at radius 2 is 2.24 bits per heavy atom. The topological polar surface area (TPSA) is 43.4 Å². The van der Waals surface area contributed by atoms with Crippen LogP contribution < -0.4 is 10.1 Å². The molecule has 0 radical (unpaired) electrons. The van der Waals surface area contributed by atoms with Gasteiger partial charge >= 0.3 is 0 Å². The van der Waals surface area contributed by atoms with Crippen LogP contribution in [0.15, 0.2) is 18.3 Å². The molecule has 17 heavy (non-hydrogen) atoms. The molecule has 0 bridgehead atoms. The van der Waals surface area contributed by atoms with E-state index in [9.17, 15) is 0 Å². The molecule has 0 spiro atoms. The highest BCUT2D eigenvalue weighted by Gasteiger charge is 2.01. The van der Waals surface area contributed by atoms with Crippen molar-refractivity contribution in [1.29, 1.82) is 0 Å². The maximum atomic E-state index is 5.53. The lowest BCUT2D eigenvalue weighted by molar-refractivity contribution is 0.0715. The van der Waals surface area contributed by atoms with Crippen molar-refractivity contribution in [2.75, 3.05) is 20.3 Å². The fourth-order valence-electron chi connectivity index (χ4n) is 1.28. The SMILES string of the molecule is CCCNCc1ccc(OCC(C)OC)cn1. The monoisotopic (exact) mass is 238 g/mol. The second kappa shape index (κ2) is 8.03. The summed E-state index contributed by atoms with van der Waals surface area (Å²) in [6, 6.07) is 3.92. The number of hydrogen-bond acceptors (Lipinski definition) is 4. The summed E-state index contributed by atoms with van der Waals surface area (Å²) in [4.78, 5) is 4.33. The van der Waals surface area contributed by atoms with E-state index in [0.29, 0.717) is 6.61 Å². The average Bonchev–Trinajstić information content (AvgIpc) is 2.37. The second-order valence-corrected chi connectivity index (χ2v) is 4.02. The van der Waals surface area contributed by atoms with E-state index in [1.54, 1.807) is 13.3 Å². The summed E-state index contributed by atoms with van der Waals surface area (Å²) in [5, 5.41) is 3.31. The summed E-state index contributed by atoms with van der Waals surface area (Å²) < 4.78 is 10.6. The minimum Gasteiger partial charge on any atom is -0.489 e. The standard InChI is InChI=1S/C13H22N2O2/c1-4-7-14-8-12-5-6-13(9-15-12)17-10-11(2)16-3/h5-6,9,11,14H,4,7-8,10H2,1-3H3. The van der Waals surface area contributed by atoms with Gasteiger partial charge < -0.3 is 14.8 Å². The van der Waals surface area contributed by atoms with Gasteiger partial charge in [0.1, 0.15) is 12.4 Å². The molecule has 4 heteroatoms. The van der Waals surface area contributed by atoms with Gasteiger partial charge in [-0.25, -0.2) is 0 Å². The minimum absolute atomic E-state index is 0.0981. The average molecular weight is 238 g/mol. The van der Waals surface area contributed by atoms with Crippen molar-refractivity contribution in [3.63, 3.8) is 0 Å². The Bertz CT molecular complexity index is 301. The molecule has 96 valence electrons. The van der Waals surface area contributed by atoms with Crippen molar-refractivity contribution in [2.24, 2.45) is 0 Å². The molecular weight excluding hydrogens is 216 g/mol. The van der Waals surface area contributed by atoms with Gasteiger partial charge in [0.05, 0.1) is 18.0 Å². The first-order chi connectivity index (χ1) is 8.26. The van der Waals surface area contributed by atoms with E-state index < -0.39 is 0 Å². The van der Waals surface area contributed by atoms with Crippen molar-refractivity contribution in [3.8, 4) is 5.75 Å². The maximum absolute atomic E-state index is 5.53. The van der Waals surface area contributed by atoms with E-state index in [1.165, 1.54) is 0 Å². The number of ether oxygens (including phenoxy) is 2. The highest BCUT2D eigenvalue weighted by Crippen LogP contribution is 2.09. The summed E-state index contributed by atoms with van der Waals surface area (Å²) >= 11 is 0. The maximum Gasteiger partial charge on any atom is 0.137 e. The summed E-state index contributed by atoms with van der Waals surface area (Å²) in [6.07, 6.45) is 2.99. The first-order valence-corrected chi connectivity index (χ1v) is 6.07. The Hall–Kier alpha value is -1.13. The van der Waals surface area contributed by atoms with Crippen LogP contribution in [-0.2, 0) is 11.3 Å². The van der Waals surface area contributed by atoms with Crippen LogP contribution in [0.25, 0.3) is 0 Å². The van der Waals surface area contributed by atoms with Gasteiger partial charge in [-0.2, -0.15) is 0 Å². The minimum atomic E-state index is 0.0981. The van der Waals surface area contributed by atoms with Gasteiger partial charge in [-0.05, 0) is 32.0 Å². The predicted octanol–water partition coefficient (Wildman–Crippen LogP) is 1.99. The second-order valence-electron chi connectivity index (χ2n) is 4.02. The fourth-order valence-corrected chi connectivity index (χ4v) is 1.28. The molecule has 1 rings (SSSR count). The first kappa shape index (κ1) is 13.9. The van der Waals surface area contributed by atoms with Gasteiger partial charge in [0.15, 0.2) is 0 Å². The van der Waals surface area contributed by atoms with Crippen LogP contribution in [-0.4, -0.2) is 31.3 Å². The molecular formula is C13H22N2O2. The molecule has 1 N–H and O–H groups in total. The zero-order valence-electron chi connectivity index (χ0n) is 10.9. The van der Waals surface area contributed by atoms with Crippen molar-refractivity contribution in [2.45, 2.75) is 32.9 Å². The molecule has 0 saturated carbocycles. The van der Waals surface area contributed by atoms with E-state index in [-0.39, 0.29) is 6.10 Å². The summed E-state index contributed by atoms with van der Waals surface area (Å²) in [7, 11) is 1.68.